The van der Waals surface area contributed by atoms with Crippen LogP contribution in [0.25, 0.3) is 10.8 Å². The van der Waals surface area contributed by atoms with E-state index in [0.717, 1.165) is 42.1 Å². The highest BCUT2D eigenvalue weighted by Gasteiger charge is 2.19. The van der Waals surface area contributed by atoms with Gasteiger partial charge in [-0.15, -0.1) is 11.3 Å². The van der Waals surface area contributed by atoms with E-state index in [-0.39, 0.29) is 4.90 Å². The summed E-state index contributed by atoms with van der Waals surface area (Å²) in [4.78, 5) is 6.01. The van der Waals surface area contributed by atoms with E-state index in [0.29, 0.717) is 5.13 Å². The molecular weight excluding hydrogens is 340 g/mol. The van der Waals surface area contributed by atoms with Crippen LogP contribution < -0.4 is 4.72 Å². The quantitative estimate of drug-likeness (QED) is 0.708. The maximum Gasteiger partial charge on any atom is 0.263 e. The molecule has 0 aliphatic heterocycles. The van der Waals surface area contributed by atoms with Gasteiger partial charge in [0.05, 0.1) is 10.6 Å². The van der Waals surface area contributed by atoms with Crippen molar-refractivity contribution in [1.29, 1.82) is 0 Å². The smallest absolute Gasteiger partial charge is 0.255 e. The SMILES string of the molecule is O=S(=O)(Nc1nc2c(s1)CCCCC2)c1ccc2ccccc2c1. The van der Waals surface area contributed by atoms with Crippen LogP contribution in [0, 0.1) is 0 Å². The maximum atomic E-state index is 12.7. The summed E-state index contributed by atoms with van der Waals surface area (Å²) < 4.78 is 28.0. The van der Waals surface area contributed by atoms with Crippen molar-refractivity contribution in [3.05, 3.63) is 53.0 Å². The zero-order valence-electron chi connectivity index (χ0n) is 13.2. The van der Waals surface area contributed by atoms with E-state index in [9.17, 15) is 8.42 Å². The number of nitrogens with one attached hydrogen (secondary N) is 1. The minimum Gasteiger partial charge on any atom is -0.255 e. The van der Waals surface area contributed by atoms with Gasteiger partial charge in [-0.25, -0.2) is 13.4 Å². The van der Waals surface area contributed by atoms with Crippen molar-refractivity contribution >= 4 is 37.3 Å². The summed E-state index contributed by atoms with van der Waals surface area (Å²) in [6.07, 6.45) is 5.47. The molecule has 4 nitrogen and oxygen atoms in total. The monoisotopic (exact) mass is 358 g/mol. The number of aromatic nitrogens is 1. The minimum absolute atomic E-state index is 0.270. The van der Waals surface area contributed by atoms with E-state index in [4.69, 9.17) is 0 Å². The Morgan fingerprint density at radius 2 is 1.75 bits per heavy atom. The van der Waals surface area contributed by atoms with E-state index < -0.39 is 10.0 Å². The molecule has 0 fully saturated rings. The van der Waals surface area contributed by atoms with Crippen LogP contribution in [-0.4, -0.2) is 13.4 Å². The van der Waals surface area contributed by atoms with Crippen molar-refractivity contribution in [2.75, 3.05) is 4.72 Å². The van der Waals surface area contributed by atoms with Gasteiger partial charge in [0.1, 0.15) is 0 Å². The molecule has 3 aromatic rings. The van der Waals surface area contributed by atoms with Crippen molar-refractivity contribution in [3.8, 4) is 0 Å². The van der Waals surface area contributed by atoms with E-state index in [1.807, 2.05) is 30.3 Å². The molecule has 1 aromatic heterocycles. The van der Waals surface area contributed by atoms with Crippen LogP contribution in [0.4, 0.5) is 5.13 Å². The summed E-state index contributed by atoms with van der Waals surface area (Å²) in [5.74, 6) is 0. The van der Waals surface area contributed by atoms with Crippen LogP contribution in [0.3, 0.4) is 0 Å². The van der Waals surface area contributed by atoms with Crippen LogP contribution in [-0.2, 0) is 22.9 Å². The third kappa shape index (κ3) is 3.03. The molecule has 1 N–H and O–H groups in total. The highest BCUT2D eigenvalue weighted by molar-refractivity contribution is 7.93. The van der Waals surface area contributed by atoms with E-state index >= 15 is 0 Å². The van der Waals surface area contributed by atoms with Gasteiger partial charge in [0.25, 0.3) is 10.0 Å². The standard InChI is InChI=1S/C18H18N2O2S2/c21-24(22,15-11-10-13-6-4-5-7-14(13)12-15)20-18-19-16-8-2-1-3-9-17(16)23-18/h4-7,10-12H,1-3,8-9H2,(H,19,20). The Balaban J connectivity index is 1.64. The molecule has 0 saturated heterocycles. The zero-order chi connectivity index (χ0) is 16.6. The van der Waals surface area contributed by atoms with Crippen molar-refractivity contribution in [1.82, 2.24) is 4.98 Å². The van der Waals surface area contributed by atoms with Gasteiger partial charge in [-0.1, -0.05) is 36.8 Å². The molecule has 0 saturated carbocycles. The Bertz CT molecular complexity index is 970. The Hall–Kier alpha value is -1.92. The van der Waals surface area contributed by atoms with Crippen LogP contribution in [0.2, 0.25) is 0 Å². The van der Waals surface area contributed by atoms with Crippen molar-refractivity contribution in [2.45, 2.75) is 37.0 Å². The molecule has 0 amide bonds. The Morgan fingerprint density at radius 3 is 2.62 bits per heavy atom. The Kier molecular flexibility index (Phi) is 4.02. The number of thiazole rings is 1. The Morgan fingerprint density at radius 1 is 0.958 bits per heavy atom. The molecule has 0 atom stereocenters. The van der Waals surface area contributed by atoms with E-state index in [1.54, 1.807) is 12.1 Å². The lowest BCUT2D eigenvalue weighted by Crippen LogP contribution is -2.12. The average molecular weight is 358 g/mol. The molecule has 0 spiro atoms. The molecule has 2 aromatic carbocycles. The fraction of sp³-hybridized carbons (Fsp3) is 0.278. The summed E-state index contributed by atoms with van der Waals surface area (Å²) >= 11 is 1.47. The molecule has 0 bridgehead atoms. The first kappa shape index (κ1) is 15.6. The minimum atomic E-state index is -3.62. The summed E-state index contributed by atoms with van der Waals surface area (Å²) in [5, 5.41) is 2.42. The highest BCUT2D eigenvalue weighted by atomic mass is 32.2. The number of benzene rings is 2. The second-order valence-corrected chi connectivity index (χ2v) is 8.83. The number of nitrogens with zero attached hydrogens (tertiary/aromatic N) is 1. The molecule has 0 radical (unpaired) electrons. The first-order valence-corrected chi connectivity index (χ1v) is 10.4. The molecule has 1 heterocycles. The fourth-order valence-electron chi connectivity index (χ4n) is 3.08. The lowest BCUT2D eigenvalue weighted by atomic mass is 10.1. The summed E-state index contributed by atoms with van der Waals surface area (Å²) in [7, 11) is -3.62. The molecule has 1 aliphatic rings. The number of hydrogen-bond donors (Lipinski definition) is 1. The lowest BCUT2D eigenvalue weighted by molar-refractivity contribution is 0.601. The number of hydrogen-bond acceptors (Lipinski definition) is 4. The van der Waals surface area contributed by atoms with E-state index in [2.05, 4.69) is 9.71 Å². The average Bonchev–Trinajstić information content (AvgIpc) is 2.81. The maximum absolute atomic E-state index is 12.7. The molecule has 0 unspecified atom stereocenters. The number of anilines is 1. The van der Waals surface area contributed by atoms with Gasteiger partial charge in [0.15, 0.2) is 5.13 Å². The normalized spacial score (nSPS) is 15.0. The molecule has 4 rings (SSSR count). The number of sulfonamides is 1. The molecular formula is C18H18N2O2S2. The first-order valence-electron chi connectivity index (χ1n) is 8.12. The highest BCUT2D eigenvalue weighted by Crippen LogP contribution is 2.30. The van der Waals surface area contributed by atoms with Gasteiger partial charge in [0, 0.05) is 4.88 Å². The zero-order valence-corrected chi connectivity index (χ0v) is 14.8. The Labute approximate surface area is 145 Å². The molecule has 6 heteroatoms. The van der Waals surface area contributed by atoms with Gasteiger partial charge < -0.3 is 0 Å². The van der Waals surface area contributed by atoms with Crippen LogP contribution in [0.5, 0.6) is 0 Å². The molecule has 124 valence electrons. The summed E-state index contributed by atoms with van der Waals surface area (Å²) in [6.45, 7) is 0. The fourth-order valence-corrected chi connectivity index (χ4v) is 5.40. The van der Waals surface area contributed by atoms with Gasteiger partial charge in [-0.3, -0.25) is 4.72 Å². The second kappa shape index (κ2) is 6.18. The van der Waals surface area contributed by atoms with Crippen LogP contribution >= 0.6 is 11.3 Å². The van der Waals surface area contributed by atoms with Crippen LogP contribution in [0.15, 0.2) is 47.4 Å². The van der Waals surface area contributed by atoms with Crippen molar-refractivity contribution < 1.29 is 8.42 Å². The summed E-state index contributed by atoms with van der Waals surface area (Å²) in [5.41, 5.74) is 1.06. The topological polar surface area (TPSA) is 59.1 Å². The number of rotatable bonds is 3. The summed E-state index contributed by atoms with van der Waals surface area (Å²) in [6, 6.07) is 12.9. The third-order valence-electron chi connectivity index (χ3n) is 4.35. The second-order valence-electron chi connectivity index (χ2n) is 6.06. The van der Waals surface area contributed by atoms with Gasteiger partial charge in [0.2, 0.25) is 0 Å². The number of fused-ring (bicyclic) bond motifs is 2. The number of aryl methyl sites for hydroxylation is 2. The van der Waals surface area contributed by atoms with E-state index in [1.165, 1.54) is 22.6 Å². The van der Waals surface area contributed by atoms with Gasteiger partial charge in [-0.2, -0.15) is 0 Å². The first-order chi connectivity index (χ1) is 11.6. The molecule has 1 aliphatic carbocycles. The predicted octanol–water partition coefficient (Wildman–Crippen LogP) is 4.37. The van der Waals surface area contributed by atoms with Gasteiger partial charge >= 0.3 is 0 Å². The van der Waals surface area contributed by atoms with Crippen LogP contribution in [0.1, 0.15) is 29.8 Å². The van der Waals surface area contributed by atoms with Crippen molar-refractivity contribution in [2.24, 2.45) is 0 Å². The largest absolute Gasteiger partial charge is 0.263 e. The van der Waals surface area contributed by atoms with Crippen molar-refractivity contribution in [3.63, 3.8) is 0 Å². The predicted molar refractivity (Wildman–Crippen MR) is 98.1 cm³/mol. The third-order valence-corrected chi connectivity index (χ3v) is 6.89. The van der Waals surface area contributed by atoms with Gasteiger partial charge in [-0.05, 0) is 48.6 Å². The molecule has 24 heavy (non-hydrogen) atoms. The lowest BCUT2D eigenvalue weighted by Gasteiger charge is -2.06.